The number of hydrogen-bond donors (Lipinski definition) is 4. The average Bonchev–Trinajstić information content (AvgIpc) is 2.37. The number of rotatable bonds is 0. The number of aromatic amines is 1. The maximum Gasteiger partial charge on any atom is 0.191 e. The van der Waals surface area contributed by atoms with Crippen LogP contribution in [-0.2, 0) is 0 Å². The van der Waals surface area contributed by atoms with Gasteiger partial charge in [-0.05, 0) is 0 Å². The summed E-state index contributed by atoms with van der Waals surface area (Å²) >= 11 is 0. The fourth-order valence-corrected chi connectivity index (χ4v) is 1.08. The maximum absolute atomic E-state index is 9.17. The van der Waals surface area contributed by atoms with Crippen molar-refractivity contribution in [1.29, 1.82) is 0 Å². The van der Waals surface area contributed by atoms with Crippen molar-refractivity contribution in [1.82, 2.24) is 9.71 Å². The minimum absolute atomic E-state index is 0.0119. The van der Waals surface area contributed by atoms with E-state index in [1.165, 1.54) is 12.1 Å². The molecule has 0 spiro atoms. The molecule has 0 saturated carbocycles. The minimum atomic E-state index is 0.0119. The lowest BCUT2D eigenvalue weighted by Gasteiger charge is -1.92. The van der Waals surface area contributed by atoms with Gasteiger partial charge >= 0.3 is 0 Å². The Labute approximate surface area is 61.6 Å². The number of fused-ring (bicyclic) bond motifs is 1. The molecule has 11 heavy (non-hydrogen) atoms. The van der Waals surface area contributed by atoms with Crippen molar-refractivity contribution in [2.45, 2.75) is 0 Å². The Morgan fingerprint density at radius 3 is 2.82 bits per heavy atom. The first-order valence-corrected chi connectivity index (χ1v) is 3.06. The Balaban J connectivity index is 2.88. The number of nitrogen functional groups attached to an aromatic ring is 1. The highest BCUT2D eigenvalue weighted by Crippen LogP contribution is 2.22. The van der Waals surface area contributed by atoms with Gasteiger partial charge in [0.2, 0.25) is 0 Å². The zero-order valence-electron chi connectivity index (χ0n) is 5.57. The molecule has 2 aromatic heterocycles. The molecule has 5 nitrogen and oxygen atoms in total. The number of hydrogen-bond acceptors (Lipinski definition) is 3. The smallest absolute Gasteiger partial charge is 0.191 e. The molecule has 0 saturated heterocycles. The van der Waals surface area contributed by atoms with E-state index in [1.807, 2.05) is 0 Å². The molecule has 0 aliphatic rings. The average molecular weight is 153 g/mol. The van der Waals surface area contributed by atoms with E-state index in [-0.39, 0.29) is 11.7 Å². The van der Waals surface area contributed by atoms with E-state index in [9.17, 15) is 5.21 Å². The standard InChI is InChI=1S/C6H7N3O2/c7-5-1-3-4(9(5)11)2-6(10)8-3/h1-2,8,10-11H,7H2. The lowest BCUT2D eigenvalue weighted by atomic mass is 10.5. The second-order valence-electron chi connectivity index (χ2n) is 2.33. The van der Waals surface area contributed by atoms with E-state index in [4.69, 9.17) is 10.8 Å². The SMILES string of the molecule is Nc1cc2[nH]c(O)cc2n1O. The molecule has 0 amide bonds. The van der Waals surface area contributed by atoms with Crippen molar-refractivity contribution in [3.8, 4) is 5.88 Å². The van der Waals surface area contributed by atoms with Crippen LogP contribution < -0.4 is 5.73 Å². The topological polar surface area (TPSA) is 87.2 Å². The van der Waals surface area contributed by atoms with Gasteiger partial charge in [0.1, 0.15) is 11.3 Å². The minimum Gasteiger partial charge on any atom is -0.495 e. The van der Waals surface area contributed by atoms with Crippen LogP contribution in [-0.4, -0.2) is 20.0 Å². The van der Waals surface area contributed by atoms with Gasteiger partial charge in [-0.15, -0.1) is 0 Å². The molecule has 2 rings (SSSR count). The van der Waals surface area contributed by atoms with Crippen LogP contribution >= 0.6 is 0 Å². The first-order valence-electron chi connectivity index (χ1n) is 3.06. The fraction of sp³-hybridized carbons (Fsp3) is 0. The van der Waals surface area contributed by atoms with E-state index in [1.54, 1.807) is 0 Å². The quantitative estimate of drug-likeness (QED) is 0.415. The molecule has 0 aliphatic carbocycles. The monoisotopic (exact) mass is 153 g/mol. The summed E-state index contributed by atoms with van der Waals surface area (Å²) in [6, 6.07) is 2.93. The second-order valence-corrected chi connectivity index (χ2v) is 2.33. The highest BCUT2D eigenvalue weighted by molar-refractivity contribution is 5.82. The lowest BCUT2D eigenvalue weighted by molar-refractivity contribution is 0.206. The molecule has 2 aromatic rings. The number of aromatic hydroxyl groups is 1. The summed E-state index contributed by atoms with van der Waals surface area (Å²) in [6.45, 7) is 0. The lowest BCUT2D eigenvalue weighted by Crippen LogP contribution is -1.95. The van der Waals surface area contributed by atoms with Gasteiger partial charge in [-0.25, -0.2) is 0 Å². The summed E-state index contributed by atoms with van der Waals surface area (Å²) in [7, 11) is 0. The van der Waals surface area contributed by atoms with Crippen molar-refractivity contribution in [3.05, 3.63) is 12.1 Å². The maximum atomic E-state index is 9.17. The molecule has 0 aliphatic heterocycles. The van der Waals surface area contributed by atoms with Crippen molar-refractivity contribution in [3.63, 3.8) is 0 Å². The predicted molar refractivity (Wildman–Crippen MR) is 39.6 cm³/mol. The first kappa shape index (κ1) is 5.96. The predicted octanol–water partition coefficient (Wildman–Crippen LogP) is 0.494. The van der Waals surface area contributed by atoms with Gasteiger partial charge in [-0.2, -0.15) is 4.73 Å². The third-order valence-corrected chi connectivity index (χ3v) is 1.58. The summed E-state index contributed by atoms with van der Waals surface area (Å²) in [5.41, 5.74) is 6.44. The highest BCUT2D eigenvalue weighted by atomic mass is 16.5. The van der Waals surface area contributed by atoms with Crippen LogP contribution in [0, 0.1) is 0 Å². The number of nitrogens with one attached hydrogen (secondary N) is 1. The molecule has 0 aromatic carbocycles. The summed E-state index contributed by atoms with van der Waals surface area (Å²) in [4.78, 5) is 2.61. The van der Waals surface area contributed by atoms with E-state index in [0.29, 0.717) is 11.0 Å². The molecule has 5 N–H and O–H groups in total. The number of nitrogens with zero attached hydrogens (tertiary/aromatic N) is 1. The van der Waals surface area contributed by atoms with Crippen LogP contribution in [0.4, 0.5) is 5.82 Å². The van der Waals surface area contributed by atoms with E-state index < -0.39 is 0 Å². The van der Waals surface area contributed by atoms with Crippen molar-refractivity contribution < 1.29 is 10.3 Å². The van der Waals surface area contributed by atoms with Crippen LogP contribution in [0.5, 0.6) is 5.88 Å². The third kappa shape index (κ3) is 0.644. The zero-order chi connectivity index (χ0) is 8.01. The van der Waals surface area contributed by atoms with Crippen molar-refractivity contribution >= 4 is 16.9 Å². The molecular formula is C6H7N3O2. The molecule has 0 unspecified atom stereocenters. The largest absolute Gasteiger partial charge is 0.495 e. The molecule has 0 atom stereocenters. The van der Waals surface area contributed by atoms with Crippen molar-refractivity contribution in [2.24, 2.45) is 0 Å². The molecule has 0 fully saturated rings. The van der Waals surface area contributed by atoms with Crippen LogP contribution in [0.3, 0.4) is 0 Å². The van der Waals surface area contributed by atoms with Gasteiger partial charge < -0.3 is 21.0 Å². The Bertz CT molecular complexity index is 401. The summed E-state index contributed by atoms with van der Waals surface area (Å²) in [5, 5.41) is 18.1. The second kappa shape index (κ2) is 1.63. The Hall–Kier alpha value is -1.78. The van der Waals surface area contributed by atoms with Gasteiger partial charge in [-0.3, -0.25) is 0 Å². The third-order valence-electron chi connectivity index (χ3n) is 1.58. The van der Waals surface area contributed by atoms with Gasteiger partial charge in [0.05, 0.1) is 5.52 Å². The van der Waals surface area contributed by atoms with Crippen molar-refractivity contribution in [2.75, 3.05) is 5.73 Å². The Kier molecular flexibility index (Phi) is 0.883. The molecule has 5 heteroatoms. The summed E-state index contributed by atoms with van der Waals surface area (Å²) < 4.78 is 0.811. The van der Waals surface area contributed by atoms with Crippen LogP contribution in [0.25, 0.3) is 11.0 Å². The zero-order valence-corrected chi connectivity index (χ0v) is 5.57. The van der Waals surface area contributed by atoms with Crippen LogP contribution in [0.2, 0.25) is 0 Å². The fourth-order valence-electron chi connectivity index (χ4n) is 1.08. The Morgan fingerprint density at radius 2 is 2.18 bits per heavy atom. The first-order chi connectivity index (χ1) is 5.18. The van der Waals surface area contributed by atoms with E-state index in [0.717, 1.165) is 4.73 Å². The highest BCUT2D eigenvalue weighted by Gasteiger charge is 2.07. The van der Waals surface area contributed by atoms with Crippen LogP contribution in [0.15, 0.2) is 12.1 Å². The molecule has 58 valence electrons. The number of H-pyrrole nitrogens is 1. The number of anilines is 1. The normalized spacial score (nSPS) is 10.9. The Morgan fingerprint density at radius 1 is 1.45 bits per heavy atom. The number of nitrogens with two attached hydrogens (primary N) is 1. The number of aromatic nitrogens is 2. The van der Waals surface area contributed by atoms with Crippen LogP contribution in [0.1, 0.15) is 0 Å². The van der Waals surface area contributed by atoms with E-state index >= 15 is 0 Å². The van der Waals surface area contributed by atoms with Gasteiger partial charge in [-0.1, -0.05) is 0 Å². The molecule has 0 bridgehead atoms. The summed E-state index contributed by atoms with van der Waals surface area (Å²) in [5.74, 6) is 0.254. The van der Waals surface area contributed by atoms with E-state index in [2.05, 4.69) is 4.98 Å². The molecule has 0 radical (unpaired) electrons. The van der Waals surface area contributed by atoms with Gasteiger partial charge in [0.15, 0.2) is 5.88 Å². The summed E-state index contributed by atoms with van der Waals surface area (Å²) in [6.07, 6.45) is 0. The molecular weight excluding hydrogens is 146 g/mol. The van der Waals surface area contributed by atoms with Gasteiger partial charge in [0.25, 0.3) is 0 Å². The molecule has 2 heterocycles. The van der Waals surface area contributed by atoms with Gasteiger partial charge in [0, 0.05) is 12.1 Å².